The summed E-state index contributed by atoms with van der Waals surface area (Å²) in [6.45, 7) is 6.35. The van der Waals surface area contributed by atoms with E-state index in [2.05, 4.69) is 11.9 Å². The second-order valence-electron chi connectivity index (χ2n) is 7.04. The number of halogens is 2. The summed E-state index contributed by atoms with van der Waals surface area (Å²) in [4.78, 5) is 4.52. The molecular weight excluding hydrogens is 368 g/mol. The van der Waals surface area contributed by atoms with Crippen LogP contribution >= 0.6 is 0 Å². The number of hydrogen-bond donors (Lipinski definition) is 0. The first-order valence-electron chi connectivity index (χ1n) is 9.37. The van der Waals surface area contributed by atoms with E-state index in [9.17, 15) is 8.78 Å². The van der Waals surface area contributed by atoms with Gasteiger partial charge in [0.25, 0.3) is 0 Å². The van der Waals surface area contributed by atoms with Crippen molar-refractivity contribution < 1.29 is 13.5 Å². The molecule has 0 aliphatic rings. The van der Waals surface area contributed by atoms with Crippen LogP contribution in [-0.2, 0) is 13.0 Å². The summed E-state index contributed by atoms with van der Waals surface area (Å²) in [6, 6.07) is 19.2. The van der Waals surface area contributed by atoms with E-state index < -0.39 is 11.6 Å². The minimum Gasteiger partial charge on any atom is -0.486 e. The van der Waals surface area contributed by atoms with Crippen LogP contribution in [0, 0.1) is 25.5 Å². The number of fused-ring (bicyclic) bond motifs is 1. The van der Waals surface area contributed by atoms with Crippen molar-refractivity contribution in [2.45, 2.75) is 20.0 Å². The molecule has 3 aromatic carbocycles. The number of ether oxygens (including phenoxy) is 1. The maximum absolute atomic E-state index is 14.0. The van der Waals surface area contributed by atoms with Crippen molar-refractivity contribution in [1.82, 2.24) is 4.98 Å². The van der Waals surface area contributed by atoms with Crippen molar-refractivity contribution in [2.24, 2.45) is 0 Å². The largest absolute Gasteiger partial charge is 0.486 e. The van der Waals surface area contributed by atoms with Crippen LogP contribution in [0.4, 0.5) is 8.78 Å². The van der Waals surface area contributed by atoms with Gasteiger partial charge in [-0.15, -0.1) is 0 Å². The predicted molar refractivity (Wildman–Crippen MR) is 111 cm³/mol. The second kappa shape index (κ2) is 8.00. The predicted octanol–water partition coefficient (Wildman–Crippen LogP) is 6.17. The molecule has 0 bridgehead atoms. The summed E-state index contributed by atoms with van der Waals surface area (Å²) in [5, 5.41) is 1.82. The summed E-state index contributed by atoms with van der Waals surface area (Å²) in [6.07, 6.45) is 0.297. The van der Waals surface area contributed by atoms with Gasteiger partial charge in [-0.25, -0.2) is 8.78 Å². The molecule has 0 saturated carbocycles. The quantitative estimate of drug-likeness (QED) is 0.408. The van der Waals surface area contributed by atoms with Gasteiger partial charge in [0.2, 0.25) is 0 Å². The van der Waals surface area contributed by atoms with Crippen LogP contribution in [-0.4, -0.2) is 4.98 Å². The van der Waals surface area contributed by atoms with Crippen LogP contribution in [0.1, 0.15) is 28.1 Å². The fourth-order valence-corrected chi connectivity index (χ4v) is 3.46. The molecule has 0 atom stereocenters. The monoisotopic (exact) mass is 388 g/mol. The molecule has 0 spiro atoms. The highest BCUT2D eigenvalue weighted by Gasteiger charge is 2.13. The summed E-state index contributed by atoms with van der Waals surface area (Å²) >= 11 is 0. The highest BCUT2D eigenvalue weighted by Crippen LogP contribution is 2.32. The van der Waals surface area contributed by atoms with Crippen LogP contribution in [0.25, 0.3) is 10.8 Å². The molecule has 4 aromatic rings. The van der Waals surface area contributed by atoms with Gasteiger partial charge in [-0.2, -0.15) is 0 Å². The zero-order valence-electron chi connectivity index (χ0n) is 16.1. The van der Waals surface area contributed by atoms with Crippen LogP contribution < -0.4 is 4.74 Å². The van der Waals surface area contributed by atoms with E-state index >= 15 is 0 Å². The van der Waals surface area contributed by atoms with Gasteiger partial charge in [0.05, 0.1) is 5.69 Å². The third-order valence-corrected chi connectivity index (χ3v) is 4.91. The Balaban J connectivity index is 1.68. The number of rotatable bonds is 5. The molecule has 0 unspecified atom stereocenters. The maximum atomic E-state index is 14.0. The highest BCUT2D eigenvalue weighted by atomic mass is 19.1. The average Bonchev–Trinajstić information content (AvgIpc) is 2.71. The first-order chi connectivity index (χ1) is 14.0. The molecule has 2 nitrogen and oxygen atoms in total. The van der Waals surface area contributed by atoms with Gasteiger partial charge < -0.3 is 4.74 Å². The van der Waals surface area contributed by atoms with E-state index in [1.54, 1.807) is 0 Å². The molecule has 1 heterocycles. The third kappa shape index (κ3) is 4.11. The fraction of sp³-hybridized carbons (Fsp3) is 0.120. The van der Waals surface area contributed by atoms with Crippen molar-refractivity contribution in [1.29, 1.82) is 0 Å². The number of hydrogen-bond acceptors (Lipinski definition) is 2. The van der Waals surface area contributed by atoms with Crippen molar-refractivity contribution >= 4 is 10.8 Å². The van der Waals surface area contributed by atoms with E-state index in [0.29, 0.717) is 30.0 Å². The number of aromatic nitrogens is 1. The summed E-state index contributed by atoms with van der Waals surface area (Å²) in [5.74, 6) is -0.224. The van der Waals surface area contributed by atoms with Gasteiger partial charge in [-0.1, -0.05) is 42.5 Å². The number of aryl methyl sites for hydroxylation is 1. The van der Waals surface area contributed by atoms with Gasteiger partial charge in [0.1, 0.15) is 24.0 Å². The smallest absolute Gasteiger partial charge is 0.149 e. The first kappa shape index (κ1) is 19.1. The summed E-state index contributed by atoms with van der Waals surface area (Å²) in [7, 11) is 0. The van der Waals surface area contributed by atoms with Crippen LogP contribution in [0.2, 0.25) is 0 Å². The van der Waals surface area contributed by atoms with Crippen molar-refractivity contribution in [2.75, 3.05) is 0 Å². The van der Waals surface area contributed by atoms with Crippen LogP contribution in [0.15, 0.2) is 66.7 Å². The SMILES string of the molecule is [CH2]c1nc(C)c2cc(Cc3cc(F)ccc3F)ccc2c1OCc1ccccc1. The minimum atomic E-state index is -0.446. The maximum Gasteiger partial charge on any atom is 0.149 e. The lowest BCUT2D eigenvalue weighted by atomic mass is 9.99. The topological polar surface area (TPSA) is 22.1 Å². The van der Waals surface area contributed by atoms with Crippen molar-refractivity contribution in [3.8, 4) is 5.75 Å². The van der Waals surface area contributed by atoms with E-state index in [0.717, 1.165) is 39.7 Å². The molecule has 0 aliphatic heterocycles. The molecule has 0 aliphatic carbocycles. The molecule has 1 aromatic heterocycles. The summed E-state index contributed by atoms with van der Waals surface area (Å²) < 4.78 is 33.6. The summed E-state index contributed by atoms with van der Waals surface area (Å²) in [5.41, 5.74) is 3.65. The molecule has 29 heavy (non-hydrogen) atoms. The van der Waals surface area contributed by atoms with Gasteiger partial charge >= 0.3 is 0 Å². The Hall–Kier alpha value is -3.27. The molecule has 4 rings (SSSR count). The number of pyridine rings is 1. The van der Waals surface area contributed by atoms with Gasteiger partial charge in [0.15, 0.2) is 0 Å². The highest BCUT2D eigenvalue weighted by molar-refractivity contribution is 5.91. The molecule has 145 valence electrons. The second-order valence-corrected chi connectivity index (χ2v) is 7.04. The van der Waals surface area contributed by atoms with Gasteiger partial charge in [-0.3, -0.25) is 4.98 Å². The lowest BCUT2D eigenvalue weighted by Crippen LogP contribution is -2.01. The van der Waals surface area contributed by atoms with Crippen molar-refractivity contribution in [3.63, 3.8) is 0 Å². The zero-order valence-corrected chi connectivity index (χ0v) is 16.1. The molecule has 4 heteroatoms. The average molecular weight is 388 g/mol. The molecule has 0 amide bonds. The Morgan fingerprint density at radius 1 is 0.897 bits per heavy atom. The fourth-order valence-electron chi connectivity index (χ4n) is 3.46. The molecular formula is C25H20F2NO. The Morgan fingerprint density at radius 3 is 2.48 bits per heavy atom. The van der Waals surface area contributed by atoms with E-state index in [4.69, 9.17) is 4.74 Å². The number of benzene rings is 3. The van der Waals surface area contributed by atoms with E-state index in [1.165, 1.54) is 6.07 Å². The Labute approximate surface area is 168 Å². The Morgan fingerprint density at radius 2 is 1.69 bits per heavy atom. The molecule has 0 fully saturated rings. The standard InChI is InChI=1S/C25H20F2NO/c1-16-23-13-19(12-20-14-21(26)9-11-24(20)27)8-10-22(23)25(17(2)28-16)29-15-18-6-4-3-5-7-18/h3-11,13-14H,2,12,15H2,1H3. The molecule has 0 saturated heterocycles. The zero-order chi connectivity index (χ0) is 20.4. The molecule has 1 radical (unpaired) electrons. The Kier molecular flexibility index (Phi) is 5.26. The van der Waals surface area contributed by atoms with Crippen molar-refractivity contribution in [3.05, 3.63) is 113 Å². The Bertz CT molecular complexity index is 1170. The number of nitrogens with zero attached hydrogens (tertiary/aromatic N) is 1. The van der Waals surface area contributed by atoms with E-state index in [-0.39, 0.29) is 0 Å². The van der Waals surface area contributed by atoms with Crippen LogP contribution in [0.5, 0.6) is 5.75 Å². The minimum absolute atomic E-state index is 0.297. The normalized spacial score (nSPS) is 11.0. The molecule has 0 N–H and O–H groups in total. The van der Waals surface area contributed by atoms with Crippen LogP contribution in [0.3, 0.4) is 0 Å². The van der Waals surface area contributed by atoms with E-state index in [1.807, 2.05) is 55.5 Å². The first-order valence-corrected chi connectivity index (χ1v) is 9.37. The lowest BCUT2D eigenvalue weighted by Gasteiger charge is -2.15. The third-order valence-electron chi connectivity index (χ3n) is 4.91. The van der Waals surface area contributed by atoms with Gasteiger partial charge in [0, 0.05) is 22.9 Å². The van der Waals surface area contributed by atoms with Gasteiger partial charge in [-0.05, 0) is 54.8 Å². The lowest BCUT2D eigenvalue weighted by molar-refractivity contribution is 0.307.